The van der Waals surface area contributed by atoms with E-state index in [1.54, 1.807) is 6.07 Å². The summed E-state index contributed by atoms with van der Waals surface area (Å²) >= 11 is 0. The summed E-state index contributed by atoms with van der Waals surface area (Å²) in [6.07, 6.45) is -4.44. The first-order chi connectivity index (χ1) is 8.32. The molecule has 1 rings (SSSR count). The van der Waals surface area contributed by atoms with Crippen molar-refractivity contribution in [1.82, 2.24) is 10.2 Å². The minimum atomic E-state index is -4.44. The normalized spacial score (nSPS) is 13.2. The Bertz CT molecular complexity index is 390. The fourth-order valence-electron chi connectivity index (χ4n) is 1.42. The van der Waals surface area contributed by atoms with Crippen LogP contribution < -0.4 is 5.32 Å². The Balaban J connectivity index is 2.79. The van der Waals surface area contributed by atoms with Gasteiger partial charge in [-0.3, -0.25) is 10.1 Å². The zero-order valence-corrected chi connectivity index (χ0v) is 10.2. The number of rotatable bonds is 4. The lowest BCUT2D eigenvalue weighted by Crippen LogP contribution is -2.40. The van der Waals surface area contributed by atoms with Gasteiger partial charge < -0.3 is 4.90 Å². The van der Waals surface area contributed by atoms with E-state index in [0.29, 0.717) is 0 Å². The van der Waals surface area contributed by atoms with E-state index in [2.05, 4.69) is 5.32 Å². The van der Waals surface area contributed by atoms with Crippen molar-refractivity contribution in [1.29, 1.82) is 0 Å². The van der Waals surface area contributed by atoms with Gasteiger partial charge in [0.05, 0.1) is 6.54 Å². The highest BCUT2D eigenvalue weighted by atomic mass is 19.4. The number of nitrogens with zero attached hydrogens (tertiary/aromatic N) is 1. The Morgan fingerprint density at radius 3 is 2.28 bits per heavy atom. The summed E-state index contributed by atoms with van der Waals surface area (Å²) in [6.45, 7) is -0.355. The average Bonchev–Trinajstić information content (AvgIpc) is 2.28. The number of hydrogen-bond acceptors (Lipinski definition) is 2. The summed E-state index contributed by atoms with van der Waals surface area (Å²) in [7, 11) is 2.99. The number of benzene rings is 1. The van der Waals surface area contributed by atoms with Crippen molar-refractivity contribution < 1.29 is 18.0 Å². The molecule has 0 spiro atoms. The topological polar surface area (TPSA) is 32.3 Å². The highest BCUT2D eigenvalue weighted by Crippen LogP contribution is 2.32. The number of halogens is 3. The molecule has 0 aliphatic heterocycles. The fourth-order valence-corrected chi connectivity index (χ4v) is 1.42. The standard InChI is InChI=1S/C12H15F3N2O/c1-17(2)10(18)8-16-11(12(13,14)15)9-6-4-3-5-7-9/h3-7,11,16H,8H2,1-2H3. The van der Waals surface area contributed by atoms with Crippen molar-refractivity contribution in [2.75, 3.05) is 20.6 Å². The Morgan fingerprint density at radius 1 is 1.28 bits per heavy atom. The van der Waals surface area contributed by atoms with E-state index in [4.69, 9.17) is 0 Å². The van der Waals surface area contributed by atoms with Crippen molar-refractivity contribution >= 4 is 5.91 Å². The Kier molecular flexibility index (Phi) is 4.72. The van der Waals surface area contributed by atoms with Gasteiger partial charge in [0, 0.05) is 14.1 Å². The van der Waals surface area contributed by atoms with Crippen LogP contribution in [0.2, 0.25) is 0 Å². The summed E-state index contributed by atoms with van der Waals surface area (Å²) in [6, 6.07) is 5.63. The summed E-state index contributed by atoms with van der Waals surface area (Å²) in [4.78, 5) is 12.5. The molecule has 0 bridgehead atoms. The molecule has 100 valence electrons. The van der Waals surface area contributed by atoms with Crippen LogP contribution in [0.15, 0.2) is 30.3 Å². The van der Waals surface area contributed by atoms with Gasteiger partial charge >= 0.3 is 6.18 Å². The molecule has 0 aliphatic carbocycles. The molecule has 0 fully saturated rings. The number of likely N-dealkylation sites (N-methyl/N-ethyl adjacent to an activating group) is 1. The third-order valence-electron chi connectivity index (χ3n) is 2.42. The maximum absolute atomic E-state index is 12.9. The Labute approximate surface area is 104 Å². The second-order valence-electron chi connectivity index (χ2n) is 4.05. The molecule has 0 heterocycles. The van der Waals surface area contributed by atoms with Gasteiger partial charge in [-0.15, -0.1) is 0 Å². The maximum atomic E-state index is 12.9. The molecule has 1 aromatic rings. The first-order valence-electron chi connectivity index (χ1n) is 5.37. The minimum absolute atomic E-state index is 0.0940. The summed E-state index contributed by atoms with van der Waals surface area (Å²) in [5.74, 6) is -0.403. The van der Waals surface area contributed by atoms with Gasteiger partial charge in [-0.1, -0.05) is 30.3 Å². The van der Waals surface area contributed by atoms with Gasteiger partial charge in [-0.25, -0.2) is 0 Å². The number of carbonyl (C=O) groups excluding carboxylic acids is 1. The zero-order chi connectivity index (χ0) is 13.8. The maximum Gasteiger partial charge on any atom is 0.407 e. The number of amides is 1. The first-order valence-corrected chi connectivity index (χ1v) is 5.37. The molecule has 0 saturated carbocycles. The van der Waals surface area contributed by atoms with E-state index in [9.17, 15) is 18.0 Å². The second-order valence-corrected chi connectivity index (χ2v) is 4.05. The summed E-state index contributed by atoms with van der Waals surface area (Å²) in [5, 5.41) is 2.24. The van der Waals surface area contributed by atoms with Crippen LogP contribution in [0.5, 0.6) is 0 Å². The van der Waals surface area contributed by atoms with Gasteiger partial charge in [0.25, 0.3) is 0 Å². The highest BCUT2D eigenvalue weighted by molar-refractivity contribution is 5.77. The summed E-state index contributed by atoms with van der Waals surface area (Å²) < 4.78 is 38.6. The van der Waals surface area contributed by atoms with E-state index < -0.39 is 18.1 Å². The van der Waals surface area contributed by atoms with E-state index in [0.717, 1.165) is 0 Å². The Morgan fingerprint density at radius 2 is 1.83 bits per heavy atom. The van der Waals surface area contributed by atoms with Crippen molar-refractivity contribution in [3.8, 4) is 0 Å². The lowest BCUT2D eigenvalue weighted by atomic mass is 10.1. The predicted octanol–water partition coefficient (Wildman–Crippen LogP) is 1.97. The van der Waals surface area contributed by atoms with Crippen molar-refractivity contribution in [2.45, 2.75) is 12.2 Å². The molecule has 3 nitrogen and oxygen atoms in total. The molecule has 0 saturated heterocycles. The van der Waals surface area contributed by atoms with Crippen molar-refractivity contribution in [3.05, 3.63) is 35.9 Å². The Hall–Kier alpha value is -1.56. The molecule has 1 unspecified atom stereocenters. The van der Waals surface area contributed by atoms with Crippen LogP contribution in [0, 0.1) is 0 Å². The second kappa shape index (κ2) is 5.86. The van der Waals surface area contributed by atoms with Crippen LogP contribution >= 0.6 is 0 Å². The molecule has 1 aromatic carbocycles. The molecule has 18 heavy (non-hydrogen) atoms. The smallest absolute Gasteiger partial charge is 0.348 e. The largest absolute Gasteiger partial charge is 0.407 e. The highest BCUT2D eigenvalue weighted by Gasteiger charge is 2.40. The van der Waals surface area contributed by atoms with Crippen molar-refractivity contribution in [3.63, 3.8) is 0 Å². The molecular formula is C12H15F3N2O. The number of hydrogen-bond donors (Lipinski definition) is 1. The molecule has 0 radical (unpaired) electrons. The minimum Gasteiger partial charge on any atom is -0.348 e. The number of nitrogens with one attached hydrogen (secondary N) is 1. The van der Waals surface area contributed by atoms with E-state index in [-0.39, 0.29) is 12.1 Å². The molecule has 1 N–H and O–H groups in total. The molecule has 1 amide bonds. The monoisotopic (exact) mass is 260 g/mol. The van der Waals surface area contributed by atoms with Crippen molar-refractivity contribution in [2.24, 2.45) is 0 Å². The quantitative estimate of drug-likeness (QED) is 0.897. The van der Waals surface area contributed by atoms with Crippen LogP contribution in [-0.4, -0.2) is 37.6 Å². The zero-order valence-electron chi connectivity index (χ0n) is 10.2. The lowest BCUT2D eigenvalue weighted by Gasteiger charge is -2.22. The van der Waals surface area contributed by atoms with Crippen LogP contribution in [0.25, 0.3) is 0 Å². The average molecular weight is 260 g/mol. The molecule has 0 aliphatic rings. The molecule has 6 heteroatoms. The van der Waals surface area contributed by atoms with Crippen LogP contribution in [0.1, 0.15) is 11.6 Å². The lowest BCUT2D eigenvalue weighted by molar-refractivity contribution is -0.158. The van der Waals surface area contributed by atoms with Gasteiger partial charge in [-0.05, 0) is 5.56 Å². The van der Waals surface area contributed by atoms with E-state index >= 15 is 0 Å². The first kappa shape index (κ1) is 14.5. The SMILES string of the molecule is CN(C)C(=O)CNC(c1ccccc1)C(F)(F)F. The molecule has 1 atom stereocenters. The number of alkyl halides is 3. The van der Waals surface area contributed by atoms with Gasteiger partial charge in [0.15, 0.2) is 0 Å². The molecular weight excluding hydrogens is 245 g/mol. The number of carbonyl (C=O) groups is 1. The third-order valence-corrected chi connectivity index (χ3v) is 2.42. The van der Waals surface area contributed by atoms with Gasteiger partial charge in [0.1, 0.15) is 6.04 Å². The predicted molar refractivity (Wildman–Crippen MR) is 61.9 cm³/mol. The van der Waals surface area contributed by atoms with Crippen LogP contribution in [-0.2, 0) is 4.79 Å². The van der Waals surface area contributed by atoms with E-state index in [1.807, 2.05) is 0 Å². The van der Waals surface area contributed by atoms with E-state index in [1.165, 1.54) is 43.3 Å². The van der Waals surface area contributed by atoms with Gasteiger partial charge in [0.2, 0.25) is 5.91 Å². The van der Waals surface area contributed by atoms with Crippen LogP contribution in [0.4, 0.5) is 13.2 Å². The molecule has 0 aromatic heterocycles. The fraction of sp³-hybridized carbons (Fsp3) is 0.417. The van der Waals surface area contributed by atoms with Crippen LogP contribution in [0.3, 0.4) is 0 Å². The third kappa shape index (κ3) is 4.03. The van der Waals surface area contributed by atoms with Gasteiger partial charge in [-0.2, -0.15) is 13.2 Å². The summed E-state index contributed by atoms with van der Waals surface area (Å²) in [5.41, 5.74) is 0.0940.